The minimum absolute atomic E-state index is 0.180. The van der Waals surface area contributed by atoms with Crippen LogP contribution in [0, 0.1) is 0 Å². The fourth-order valence-electron chi connectivity index (χ4n) is 1.67. The quantitative estimate of drug-likeness (QED) is 0.535. The lowest BCUT2D eigenvalue weighted by atomic mass is 9.94. The fourth-order valence-corrected chi connectivity index (χ4v) is 2.31. The van der Waals surface area contributed by atoms with E-state index in [0.717, 1.165) is 19.4 Å². The smallest absolute Gasteiger partial charge is 0.237 e. The highest BCUT2D eigenvalue weighted by Gasteiger charge is 2.27. The van der Waals surface area contributed by atoms with Gasteiger partial charge >= 0.3 is 0 Å². The van der Waals surface area contributed by atoms with Crippen LogP contribution in [-0.4, -0.2) is 64.0 Å². The molecule has 19 heavy (non-hydrogen) atoms. The van der Waals surface area contributed by atoms with Gasteiger partial charge in [-0.05, 0) is 46.8 Å². The average Bonchev–Trinajstić information content (AvgIpc) is 2.30. The van der Waals surface area contributed by atoms with E-state index in [4.69, 9.17) is 5.73 Å². The van der Waals surface area contributed by atoms with Gasteiger partial charge in [0.15, 0.2) is 0 Å². The summed E-state index contributed by atoms with van der Waals surface area (Å²) in [5.74, 6) is -0.167. The molecular formula is C12H27N3O3S. The van der Waals surface area contributed by atoms with Crippen molar-refractivity contribution in [3.05, 3.63) is 0 Å². The molecule has 0 bridgehead atoms. The van der Waals surface area contributed by atoms with Gasteiger partial charge in [0.1, 0.15) is 9.84 Å². The second-order valence-corrected chi connectivity index (χ2v) is 7.60. The first-order chi connectivity index (χ1) is 8.60. The van der Waals surface area contributed by atoms with Gasteiger partial charge in [0, 0.05) is 12.8 Å². The highest BCUT2D eigenvalue weighted by Crippen LogP contribution is 2.12. The molecule has 0 saturated carbocycles. The van der Waals surface area contributed by atoms with Crippen molar-refractivity contribution in [3.63, 3.8) is 0 Å². The molecule has 7 heteroatoms. The SMILES string of the molecule is CNC(C)(CCCCN(C)CCS(C)(=O)=O)C(N)=O. The van der Waals surface area contributed by atoms with Gasteiger partial charge in [-0.2, -0.15) is 0 Å². The molecule has 0 aliphatic carbocycles. The molecule has 6 nitrogen and oxygen atoms in total. The summed E-state index contributed by atoms with van der Waals surface area (Å²) in [6.07, 6.45) is 3.69. The number of primary amides is 1. The van der Waals surface area contributed by atoms with Crippen LogP contribution in [0.1, 0.15) is 26.2 Å². The molecule has 1 atom stereocenters. The maximum absolute atomic E-state index is 11.3. The van der Waals surface area contributed by atoms with Crippen molar-refractivity contribution in [1.82, 2.24) is 10.2 Å². The van der Waals surface area contributed by atoms with Crippen molar-refractivity contribution in [2.75, 3.05) is 39.2 Å². The molecule has 3 N–H and O–H groups in total. The molecule has 0 aliphatic rings. The molecule has 0 saturated heterocycles. The van der Waals surface area contributed by atoms with Crippen LogP contribution in [0.4, 0.5) is 0 Å². The molecule has 0 heterocycles. The van der Waals surface area contributed by atoms with Crippen molar-refractivity contribution < 1.29 is 13.2 Å². The standard InChI is InChI=1S/C12H27N3O3S/c1-12(14-2,11(13)16)7-5-6-8-15(3)9-10-19(4,17)18/h14H,5-10H2,1-4H3,(H2,13,16). The summed E-state index contributed by atoms with van der Waals surface area (Å²) in [5, 5.41) is 2.94. The Balaban J connectivity index is 3.89. The first kappa shape index (κ1) is 18.3. The van der Waals surface area contributed by atoms with Crippen LogP contribution in [0.15, 0.2) is 0 Å². The van der Waals surface area contributed by atoms with Crippen molar-refractivity contribution in [2.24, 2.45) is 5.73 Å². The lowest BCUT2D eigenvalue weighted by molar-refractivity contribution is -0.123. The second-order valence-electron chi connectivity index (χ2n) is 5.34. The highest BCUT2D eigenvalue weighted by atomic mass is 32.2. The van der Waals surface area contributed by atoms with Crippen LogP contribution in [0.25, 0.3) is 0 Å². The second kappa shape index (κ2) is 7.81. The summed E-state index contributed by atoms with van der Waals surface area (Å²) in [5.41, 5.74) is 4.68. The largest absolute Gasteiger partial charge is 0.368 e. The molecule has 0 aromatic heterocycles. The van der Waals surface area contributed by atoms with Gasteiger partial charge in [-0.3, -0.25) is 4.79 Å². The Labute approximate surface area is 116 Å². The van der Waals surface area contributed by atoms with E-state index >= 15 is 0 Å². The van der Waals surface area contributed by atoms with E-state index in [0.29, 0.717) is 13.0 Å². The number of carbonyl (C=O) groups is 1. The number of likely N-dealkylation sites (N-methyl/N-ethyl adjacent to an activating group) is 1. The summed E-state index contributed by atoms with van der Waals surface area (Å²) >= 11 is 0. The molecule has 0 aliphatic heterocycles. The molecule has 114 valence electrons. The summed E-state index contributed by atoms with van der Waals surface area (Å²) in [6, 6.07) is 0. The Morgan fingerprint density at radius 1 is 1.32 bits per heavy atom. The summed E-state index contributed by atoms with van der Waals surface area (Å²) in [6.45, 7) is 3.15. The highest BCUT2D eigenvalue weighted by molar-refractivity contribution is 7.90. The third-order valence-corrected chi connectivity index (χ3v) is 4.33. The molecule has 0 spiro atoms. The van der Waals surface area contributed by atoms with Gasteiger partial charge in [0.05, 0.1) is 11.3 Å². The monoisotopic (exact) mass is 293 g/mol. The number of nitrogens with zero attached hydrogens (tertiary/aromatic N) is 1. The molecule has 0 aromatic rings. The molecule has 0 radical (unpaired) electrons. The zero-order valence-electron chi connectivity index (χ0n) is 12.4. The first-order valence-corrected chi connectivity index (χ1v) is 8.52. The number of unbranched alkanes of at least 4 members (excludes halogenated alkanes) is 1. The minimum atomic E-state index is -2.90. The number of nitrogens with one attached hydrogen (secondary N) is 1. The Morgan fingerprint density at radius 2 is 1.89 bits per heavy atom. The van der Waals surface area contributed by atoms with Gasteiger partial charge in [0.25, 0.3) is 0 Å². The first-order valence-electron chi connectivity index (χ1n) is 6.46. The van der Waals surface area contributed by atoms with Crippen molar-refractivity contribution in [1.29, 1.82) is 0 Å². The number of sulfone groups is 1. The molecule has 1 amide bonds. The zero-order valence-corrected chi connectivity index (χ0v) is 13.2. The van der Waals surface area contributed by atoms with Crippen LogP contribution >= 0.6 is 0 Å². The lowest BCUT2D eigenvalue weighted by Gasteiger charge is -2.25. The summed E-state index contributed by atoms with van der Waals surface area (Å²) < 4.78 is 22.0. The predicted molar refractivity (Wildman–Crippen MR) is 77.7 cm³/mol. The van der Waals surface area contributed by atoms with E-state index in [1.807, 2.05) is 11.9 Å². The number of hydrogen-bond donors (Lipinski definition) is 2. The zero-order chi connectivity index (χ0) is 15.1. The Kier molecular flexibility index (Phi) is 7.54. The van der Waals surface area contributed by atoms with E-state index in [2.05, 4.69) is 5.32 Å². The van der Waals surface area contributed by atoms with E-state index in [9.17, 15) is 13.2 Å². The lowest BCUT2D eigenvalue weighted by Crippen LogP contribution is -2.51. The van der Waals surface area contributed by atoms with Gasteiger partial charge in [-0.25, -0.2) is 8.42 Å². The number of nitrogens with two attached hydrogens (primary N) is 1. The van der Waals surface area contributed by atoms with Crippen molar-refractivity contribution in [2.45, 2.75) is 31.7 Å². The van der Waals surface area contributed by atoms with Gasteiger partial charge in [-0.1, -0.05) is 0 Å². The third-order valence-electron chi connectivity index (χ3n) is 3.41. The minimum Gasteiger partial charge on any atom is -0.368 e. The molecule has 0 aromatic carbocycles. The molecular weight excluding hydrogens is 266 g/mol. The predicted octanol–water partition coefficient (Wildman–Crippen LogP) is -0.403. The fraction of sp³-hybridized carbons (Fsp3) is 0.917. The van der Waals surface area contributed by atoms with E-state index in [1.54, 1.807) is 14.0 Å². The van der Waals surface area contributed by atoms with Crippen LogP contribution in [0.3, 0.4) is 0 Å². The molecule has 0 rings (SSSR count). The van der Waals surface area contributed by atoms with Crippen LogP contribution < -0.4 is 11.1 Å². The topological polar surface area (TPSA) is 92.5 Å². The number of carbonyl (C=O) groups excluding carboxylic acids is 1. The van der Waals surface area contributed by atoms with Crippen LogP contribution in [0.5, 0.6) is 0 Å². The number of amides is 1. The number of rotatable bonds is 10. The van der Waals surface area contributed by atoms with Crippen molar-refractivity contribution >= 4 is 15.7 Å². The van der Waals surface area contributed by atoms with Gasteiger partial charge < -0.3 is 16.0 Å². The van der Waals surface area contributed by atoms with E-state index < -0.39 is 15.4 Å². The Morgan fingerprint density at radius 3 is 2.32 bits per heavy atom. The van der Waals surface area contributed by atoms with E-state index in [-0.39, 0.29) is 11.7 Å². The van der Waals surface area contributed by atoms with Crippen LogP contribution in [-0.2, 0) is 14.6 Å². The van der Waals surface area contributed by atoms with Gasteiger partial charge in [0.2, 0.25) is 5.91 Å². The van der Waals surface area contributed by atoms with Gasteiger partial charge in [-0.15, -0.1) is 0 Å². The molecule has 0 fully saturated rings. The Bertz CT molecular complexity index is 384. The molecule has 1 unspecified atom stereocenters. The van der Waals surface area contributed by atoms with Crippen LogP contribution in [0.2, 0.25) is 0 Å². The summed E-state index contributed by atoms with van der Waals surface area (Å²) in [4.78, 5) is 13.3. The summed E-state index contributed by atoms with van der Waals surface area (Å²) in [7, 11) is 0.723. The maximum atomic E-state index is 11.3. The van der Waals surface area contributed by atoms with Crippen molar-refractivity contribution in [3.8, 4) is 0 Å². The third kappa shape index (κ3) is 8.18. The number of hydrogen-bond acceptors (Lipinski definition) is 5. The average molecular weight is 293 g/mol. The normalized spacial score (nSPS) is 15.4. The maximum Gasteiger partial charge on any atom is 0.237 e. The Hall–Kier alpha value is -0.660. The van der Waals surface area contributed by atoms with E-state index in [1.165, 1.54) is 6.26 Å².